The number of nitrogens with zero attached hydrogens (tertiary/aromatic N) is 5. The lowest BCUT2D eigenvalue weighted by molar-refractivity contribution is -0.179. The zero-order valence-corrected chi connectivity index (χ0v) is 25.6. The van der Waals surface area contributed by atoms with Gasteiger partial charge in [0.2, 0.25) is 11.5 Å². The van der Waals surface area contributed by atoms with Crippen molar-refractivity contribution >= 4 is 71.8 Å². The molecule has 5 N–H and O–H groups in total. The van der Waals surface area contributed by atoms with Crippen molar-refractivity contribution in [1.82, 2.24) is 25.1 Å². The standard InChI is InChI=1S/C23H33BN8O8S2/c1-11-7-30(21(37)32(11)26)10-42-18-15(17(35)31(18)8-13(33)39-24)28-16(34)14(12-9-41-20(25)27-12)29-40-23(5,6)19(36)38-22(2,3)4/h9,11,15,18H,7-8,10,26H2,1-6H3,(H2,25,27)(H,28,34)/b29-14-/t11-,15-,18-/m1/s1. The number of nitrogen functional groups attached to an aromatic ring is 1. The molecule has 16 nitrogen and oxygen atoms in total. The summed E-state index contributed by atoms with van der Waals surface area (Å²) in [7, 11) is 4.94. The van der Waals surface area contributed by atoms with Gasteiger partial charge >= 0.3 is 26.0 Å². The molecule has 2 aliphatic rings. The summed E-state index contributed by atoms with van der Waals surface area (Å²) in [5.74, 6) is 2.77. The summed E-state index contributed by atoms with van der Waals surface area (Å²) in [6, 6.07) is -1.78. The molecule has 42 heavy (non-hydrogen) atoms. The summed E-state index contributed by atoms with van der Waals surface area (Å²) >= 11 is 2.15. The number of urea groups is 1. The first-order valence-electron chi connectivity index (χ1n) is 12.6. The van der Waals surface area contributed by atoms with Crippen molar-refractivity contribution in [3.8, 4) is 0 Å². The molecule has 2 fully saturated rings. The number of esters is 1. The van der Waals surface area contributed by atoms with Crippen molar-refractivity contribution in [3.63, 3.8) is 0 Å². The molecule has 0 saturated carbocycles. The van der Waals surface area contributed by atoms with Crippen LogP contribution in [0.5, 0.6) is 0 Å². The summed E-state index contributed by atoms with van der Waals surface area (Å²) < 4.78 is 9.56. The maximum Gasteiger partial charge on any atom is 0.378 e. The van der Waals surface area contributed by atoms with Gasteiger partial charge in [0.05, 0.1) is 11.9 Å². The van der Waals surface area contributed by atoms with E-state index in [-0.39, 0.29) is 28.5 Å². The van der Waals surface area contributed by atoms with Crippen LogP contribution in [-0.4, -0.2) is 111 Å². The van der Waals surface area contributed by atoms with Crippen LogP contribution < -0.4 is 16.9 Å². The molecular formula is C23H33BN8O8S2. The number of aromatic nitrogens is 1. The van der Waals surface area contributed by atoms with E-state index in [9.17, 15) is 24.0 Å². The van der Waals surface area contributed by atoms with Gasteiger partial charge in [-0.25, -0.2) is 20.4 Å². The van der Waals surface area contributed by atoms with Gasteiger partial charge in [0.15, 0.2) is 10.8 Å². The Morgan fingerprint density at radius 1 is 1.26 bits per heavy atom. The Morgan fingerprint density at radius 2 is 1.93 bits per heavy atom. The highest BCUT2D eigenvalue weighted by Gasteiger charge is 2.50. The Bertz CT molecular complexity index is 1270. The number of nitrogens with two attached hydrogens (primary N) is 2. The number of rotatable bonds is 11. The molecule has 0 bridgehead atoms. The van der Waals surface area contributed by atoms with Crippen LogP contribution in [0.1, 0.15) is 47.2 Å². The van der Waals surface area contributed by atoms with Crippen LogP contribution in [0.2, 0.25) is 0 Å². The third-order valence-electron chi connectivity index (χ3n) is 5.95. The summed E-state index contributed by atoms with van der Waals surface area (Å²) in [4.78, 5) is 75.4. The lowest BCUT2D eigenvalue weighted by Gasteiger charge is -2.46. The largest absolute Gasteiger partial charge is 0.542 e. The number of anilines is 1. The van der Waals surface area contributed by atoms with Gasteiger partial charge in [-0.3, -0.25) is 19.4 Å². The Balaban J connectivity index is 1.81. The molecule has 1 aromatic heterocycles. The Kier molecular flexibility index (Phi) is 9.99. The average Bonchev–Trinajstić information content (AvgIpc) is 3.43. The van der Waals surface area contributed by atoms with Gasteiger partial charge in [-0.2, -0.15) is 0 Å². The van der Waals surface area contributed by atoms with Crippen molar-refractivity contribution in [1.29, 1.82) is 0 Å². The zero-order chi connectivity index (χ0) is 31.6. The molecule has 0 unspecified atom stereocenters. The number of ether oxygens (including phenoxy) is 1. The second-order valence-electron chi connectivity index (χ2n) is 11.0. The normalized spacial score (nSPS) is 21.3. The van der Waals surface area contributed by atoms with Crippen LogP contribution in [0.15, 0.2) is 10.5 Å². The van der Waals surface area contributed by atoms with Crippen LogP contribution in [0.25, 0.3) is 0 Å². The van der Waals surface area contributed by atoms with Crippen LogP contribution in [0.3, 0.4) is 0 Å². The van der Waals surface area contributed by atoms with E-state index < -0.39 is 58.9 Å². The topological polar surface area (TPSA) is 212 Å². The smallest absolute Gasteiger partial charge is 0.378 e. The third-order valence-corrected chi connectivity index (χ3v) is 7.95. The predicted molar refractivity (Wildman–Crippen MR) is 153 cm³/mol. The van der Waals surface area contributed by atoms with E-state index >= 15 is 0 Å². The molecule has 19 heteroatoms. The maximum atomic E-state index is 13.5. The van der Waals surface area contributed by atoms with Crippen molar-refractivity contribution < 1.29 is 38.2 Å². The van der Waals surface area contributed by atoms with Gasteiger partial charge < -0.3 is 35.1 Å². The first-order chi connectivity index (χ1) is 19.4. The second kappa shape index (κ2) is 12.7. The fraction of sp³-hybridized carbons (Fsp3) is 0.609. The first kappa shape index (κ1) is 32.9. The van der Waals surface area contributed by atoms with Crippen molar-refractivity contribution in [3.05, 3.63) is 11.1 Å². The molecule has 1 aromatic rings. The number of carbonyl (C=O) groups is 5. The molecule has 0 aliphatic carbocycles. The van der Waals surface area contributed by atoms with Gasteiger partial charge in [-0.1, -0.05) is 5.16 Å². The van der Waals surface area contributed by atoms with Gasteiger partial charge in [-0.15, -0.1) is 23.1 Å². The lowest BCUT2D eigenvalue weighted by Crippen LogP contribution is -2.71. The SMILES string of the molecule is [B]OC(=O)CN1C(=O)[C@@H](NC(=O)/C(=N\OC(C)(C)C(=O)OC(C)(C)C)c2csc(N)n2)[C@H]1SCN1C[C@@H](C)N(N)C1=O. The minimum atomic E-state index is -1.60. The third kappa shape index (κ3) is 7.63. The van der Waals surface area contributed by atoms with Gasteiger partial charge in [-0.05, 0) is 41.5 Å². The van der Waals surface area contributed by atoms with Crippen LogP contribution in [-0.2, 0) is 33.4 Å². The fourth-order valence-electron chi connectivity index (χ4n) is 3.71. The van der Waals surface area contributed by atoms with E-state index in [0.717, 1.165) is 33.0 Å². The van der Waals surface area contributed by atoms with Crippen LogP contribution in [0.4, 0.5) is 9.93 Å². The number of likely N-dealkylation sites (tertiary alicyclic amines) is 1. The molecule has 3 atom stereocenters. The van der Waals surface area contributed by atoms with E-state index in [0.29, 0.717) is 6.54 Å². The molecule has 2 radical (unpaired) electrons. The summed E-state index contributed by atoms with van der Waals surface area (Å²) in [6.07, 6.45) is 0. The quantitative estimate of drug-likeness (QED) is 0.0543. The van der Waals surface area contributed by atoms with Crippen LogP contribution in [0, 0.1) is 0 Å². The number of hydrogen-bond donors (Lipinski definition) is 3. The minimum Gasteiger partial charge on any atom is -0.542 e. The number of β-lactam (4-membered cyclic amide) rings is 1. The molecule has 3 rings (SSSR count). The van der Waals surface area contributed by atoms with Crippen molar-refractivity contribution in [2.45, 2.75) is 70.2 Å². The van der Waals surface area contributed by atoms with E-state index in [1.165, 1.54) is 24.1 Å². The Morgan fingerprint density at radius 3 is 2.45 bits per heavy atom. The average molecular weight is 625 g/mol. The summed E-state index contributed by atoms with van der Waals surface area (Å²) in [5, 5.41) is 8.37. The summed E-state index contributed by atoms with van der Waals surface area (Å²) in [6.45, 7) is 9.53. The number of hydrazine groups is 1. The second-order valence-corrected chi connectivity index (χ2v) is 12.9. The molecule has 2 aliphatic heterocycles. The van der Waals surface area contributed by atoms with Gasteiger partial charge in [0, 0.05) is 11.9 Å². The lowest BCUT2D eigenvalue weighted by atomic mass is 10.1. The minimum absolute atomic E-state index is 0.0363. The van der Waals surface area contributed by atoms with Crippen molar-refractivity contribution in [2.75, 3.05) is 24.7 Å². The van der Waals surface area contributed by atoms with E-state index in [1.807, 2.05) is 0 Å². The Hall–Kier alpha value is -3.58. The molecular weight excluding hydrogens is 591 g/mol. The molecule has 0 spiro atoms. The van der Waals surface area contributed by atoms with Crippen molar-refractivity contribution in [2.24, 2.45) is 11.0 Å². The number of thiazole rings is 1. The Labute approximate surface area is 251 Å². The zero-order valence-electron chi connectivity index (χ0n) is 24.0. The molecule has 3 heterocycles. The number of amides is 4. The highest BCUT2D eigenvalue weighted by molar-refractivity contribution is 8.00. The molecule has 228 valence electrons. The van der Waals surface area contributed by atoms with E-state index in [2.05, 4.69) is 20.1 Å². The number of thioether (sulfide) groups is 1. The summed E-state index contributed by atoms with van der Waals surface area (Å²) in [5.41, 5.74) is 3.03. The first-order valence-corrected chi connectivity index (χ1v) is 14.5. The molecule has 4 amide bonds. The predicted octanol–water partition coefficient (Wildman–Crippen LogP) is -0.463. The number of carbonyl (C=O) groups excluding carboxylic acids is 5. The highest BCUT2D eigenvalue weighted by Crippen LogP contribution is 2.32. The van der Waals surface area contributed by atoms with E-state index in [4.69, 9.17) is 29.2 Å². The monoisotopic (exact) mass is 624 g/mol. The molecule has 2 saturated heterocycles. The van der Waals surface area contributed by atoms with E-state index in [1.54, 1.807) is 27.7 Å². The number of hydrogen-bond acceptors (Lipinski definition) is 14. The number of oxime groups is 1. The van der Waals surface area contributed by atoms with Gasteiger partial charge in [0.25, 0.3) is 5.91 Å². The number of nitrogens with one attached hydrogen (secondary N) is 1. The van der Waals surface area contributed by atoms with Crippen LogP contribution >= 0.6 is 23.1 Å². The fourth-order valence-corrected chi connectivity index (χ4v) is 5.54. The highest BCUT2D eigenvalue weighted by atomic mass is 32.2. The maximum absolute atomic E-state index is 13.5. The molecule has 0 aromatic carbocycles. The van der Waals surface area contributed by atoms with Gasteiger partial charge in [0.1, 0.15) is 29.3 Å².